The summed E-state index contributed by atoms with van der Waals surface area (Å²) < 4.78 is 73.1. The smallest absolute Gasteiger partial charge is 0.339 e. The number of hydrogen-bond acceptors (Lipinski definition) is 15. The lowest BCUT2D eigenvalue weighted by Crippen LogP contribution is -2.64. The maximum atomic E-state index is 14.3. The van der Waals surface area contributed by atoms with Gasteiger partial charge in [-0.15, -0.1) is 11.3 Å². The van der Waals surface area contributed by atoms with Gasteiger partial charge in [-0.25, -0.2) is 4.79 Å². The SMILES string of the molecule is [2H]C([2H])(Oc1ccc(C(=O)c2c(-c3ccc(O[C@@H]4O[C@H](C(=O)OC)[C@@H](OC(C)=O)[C@H](OC(C)=O)[C@H]4OC(C)=O)cc3)sc3cc(O)ccc23)cc1)C([2H])([2H])N1CCCCC1. The molecule has 5 atom stereocenters. The molecule has 0 radical (unpaired) electrons. The number of phenols is 1. The van der Waals surface area contributed by atoms with Gasteiger partial charge in [-0.3, -0.25) is 24.1 Å². The van der Waals surface area contributed by atoms with E-state index in [4.69, 9.17) is 38.6 Å². The molecular weight excluding hydrogens is 747 g/mol. The minimum Gasteiger partial charge on any atom is -0.508 e. The summed E-state index contributed by atoms with van der Waals surface area (Å²) in [5, 5.41) is 10.8. The first-order valence-electron chi connectivity index (χ1n) is 19.8. The first kappa shape index (κ1) is 34.9. The molecule has 4 aromatic rings. The van der Waals surface area contributed by atoms with Crippen molar-refractivity contribution in [2.24, 2.45) is 0 Å². The lowest BCUT2D eigenvalue weighted by molar-refractivity contribution is -0.282. The summed E-state index contributed by atoms with van der Waals surface area (Å²) in [5.74, 6) is -3.75. The molecule has 1 aromatic heterocycles. The van der Waals surface area contributed by atoms with Gasteiger partial charge in [0.25, 0.3) is 0 Å². The first-order valence-corrected chi connectivity index (χ1v) is 18.6. The molecule has 2 aliphatic heterocycles. The van der Waals surface area contributed by atoms with Gasteiger partial charge in [0, 0.05) is 56.1 Å². The van der Waals surface area contributed by atoms with E-state index in [0.29, 0.717) is 39.2 Å². The predicted octanol–water partition coefficient (Wildman–Crippen LogP) is 5.44. The van der Waals surface area contributed by atoms with E-state index < -0.39 is 73.4 Å². The molecule has 0 unspecified atom stereocenters. The van der Waals surface area contributed by atoms with E-state index in [0.717, 1.165) is 47.1 Å². The number of aromatic hydroxyl groups is 1. The van der Waals surface area contributed by atoms with Gasteiger partial charge < -0.3 is 38.3 Å². The number of benzene rings is 3. The van der Waals surface area contributed by atoms with Crippen molar-refractivity contribution in [1.82, 2.24) is 4.90 Å². The third kappa shape index (κ3) is 9.46. The highest BCUT2D eigenvalue weighted by molar-refractivity contribution is 7.22. The number of carbonyl (C=O) groups is 5. The molecule has 2 saturated heterocycles. The zero-order valence-electron chi connectivity index (χ0n) is 35.0. The van der Waals surface area contributed by atoms with Crippen LogP contribution < -0.4 is 9.47 Å². The Balaban J connectivity index is 1.28. The zero-order chi connectivity index (χ0) is 43.5. The van der Waals surface area contributed by atoms with Gasteiger partial charge in [0.2, 0.25) is 12.4 Å². The average Bonchev–Trinajstić information content (AvgIpc) is 3.58. The fraction of sp³-hybridized carbons (Fsp3) is 0.390. The molecule has 6 rings (SSSR count). The molecule has 2 fully saturated rings. The molecule has 0 spiro atoms. The van der Waals surface area contributed by atoms with E-state index >= 15 is 0 Å². The maximum Gasteiger partial charge on any atom is 0.339 e. The van der Waals surface area contributed by atoms with Crippen LogP contribution in [-0.4, -0.2) is 104 Å². The van der Waals surface area contributed by atoms with Gasteiger partial charge in [-0.05, 0) is 98.2 Å². The number of thiophene rings is 1. The summed E-state index contributed by atoms with van der Waals surface area (Å²) in [6.07, 6.45) is -5.43. The van der Waals surface area contributed by atoms with Crippen LogP contribution in [0.2, 0.25) is 0 Å². The zero-order valence-corrected chi connectivity index (χ0v) is 31.8. The lowest BCUT2D eigenvalue weighted by Gasteiger charge is -2.43. The summed E-state index contributed by atoms with van der Waals surface area (Å²) in [5.41, 5.74) is 1.10. The van der Waals surface area contributed by atoms with Gasteiger partial charge in [0.1, 0.15) is 23.8 Å². The molecule has 0 saturated carbocycles. The van der Waals surface area contributed by atoms with Gasteiger partial charge in [0.05, 0.1) is 9.85 Å². The van der Waals surface area contributed by atoms with Crippen LogP contribution in [0.5, 0.6) is 17.2 Å². The number of carbonyl (C=O) groups excluding carboxylic acids is 5. The average molecular weight is 794 g/mol. The second kappa shape index (κ2) is 18.0. The van der Waals surface area contributed by atoms with Crippen LogP contribution in [0.4, 0.5) is 0 Å². The second-order valence-corrected chi connectivity index (χ2v) is 14.1. The molecule has 0 amide bonds. The Morgan fingerprint density at radius 1 is 0.821 bits per heavy atom. The number of nitrogens with zero attached hydrogens (tertiary/aromatic N) is 1. The number of fused-ring (bicyclic) bond motifs is 1. The number of hydrogen-bond donors (Lipinski definition) is 1. The monoisotopic (exact) mass is 793 g/mol. The number of rotatable bonds is 13. The summed E-state index contributed by atoms with van der Waals surface area (Å²) >= 11 is 1.24. The topological polar surface area (TPSA) is 173 Å². The first-order chi connectivity index (χ1) is 28.4. The van der Waals surface area contributed by atoms with Crippen molar-refractivity contribution >= 4 is 51.1 Å². The summed E-state index contributed by atoms with van der Waals surface area (Å²) in [6.45, 7) is -1.05. The Morgan fingerprint density at radius 3 is 2.09 bits per heavy atom. The van der Waals surface area contributed by atoms with E-state index in [1.807, 2.05) is 0 Å². The molecule has 15 heteroatoms. The van der Waals surface area contributed by atoms with Gasteiger partial charge >= 0.3 is 23.9 Å². The largest absolute Gasteiger partial charge is 0.508 e. The van der Waals surface area contributed by atoms with Crippen molar-refractivity contribution in [3.63, 3.8) is 0 Å². The molecule has 296 valence electrons. The van der Waals surface area contributed by atoms with E-state index in [1.54, 1.807) is 18.2 Å². The van der Waals surface area contributed by atoms with Crippen LogP contribution in [0, 0.1) is 0 Å². The molecule has 3 aromatic carbocycles. The van der Waals surface area contributed by atoms with E-state index in [-0.39, 0.29) is 22.8 Å². The molecule has 3 heterocycles. The third-order valence-electron chi connectivity index (χ3n) is 8.95. The fourth-order valence-electron chi connectivity index (χ4n) is 6.48. The molecular formula is C41H43NO13S. The Morgan fingerprint density at radius 2 is 1.45 bits per heavy atom. The predicted molar refractivity (Wildman–Crippen MR) is 203 cm³/mol. The number of piperidine rings is 1. The van der Waals surface area contributed by atoms with Gasteiger partial charge in [-0.1, -0.05) is 6.42 Å². The highest BCUT2D eigenvalue weighted by atomic mass is 32.1. The van der Waals surface area contributed by atoms with Crippen LogP contribution in [0.1, 0.15) is 61.4 Å². The highest BCUT2D eigenvalue weighted by Crippen LogP contribution is 2.42. The van der Waals surface area contributed by atoms with Crippen LogP contribution in [0.3, 0.4) is 0 Å². The van der Waals surface area contributed by atoms with Gasteiger partial charge in [0.15, 0.2) is 24.1 Å². The summed E-state index contributed by atoms with van der Waals surface area (Å²) in [4.78, 5) is 65.6. The highest BCUT2D eigenvalue weighted by Gasteiger charge is 2.55. The number of ether oxygens (including phenoxy) is 7. The molecule has 0 bridgehead atoms. The molecule has 14 nitrogen and oxygen atoms in total. The molecule has 2 aliphatic rings. The molecule has 0 aliphatic carbocycles. The van der Waals surface area contributed by atoms with E-state index in [1.165, 1.54) is 64.8 Å². The number of ketones is 1. The summed E-state index contributed by atoms with van der Waals surface area (Å²) in [7, 11) is 1.07. The fourth-order valence-corrected chi connectivity index (χ4v) is 7.72. The summed E-state index contributed by atoms with van der Waals surface area (Å²) in [6, 6.07) is 16.7. The molecule has 56 heavy (non-hydrogen) atoms. The van der Waals surface area contributed by atoms with Crippen molar-refractivity contribution < 1.29 is 67.7 Å². The normalized spacial score (nSPS) is 22.7. The number of methoxy groups -OCH3 is 1. The van der Waals surface area contributed by atoms with Gasteiger partial charge in [-0.2, -0.15) is 0 Å². The second-order valence-electron chi connectivity index (χ2n) is 13.0. The van der Waals surface area contributed by atoms with Crippen molar-refractivity contribution in [3.05, 3.63) is 77.9 Å². The number of phenolic OH excluding ortho intramolecular Hbond substituents is 1. The van der Waals surface area contributed by atoms with Crippen LogP contribution in [-0.2, 0) is 42.9 Å². The standard InChI is InChI=1S/C41H43NO13S/c1-23(43)51-35-36(52-24(2)44)38(53-25(3)45)41(55-37(35)40(48)49-4)54-30-15-10-27(11-16-30)39-33(31-17-12-28(46)22-32(31)56-39)34(47)26-8-13-29(14-9-26)50-21-20-42-18-6-5-7-19-42/h8-17,22,35-38,41,46H,5-7,18-21H2,1-4H3/t35-,36-,37-,38+,41+/m0/s1/i20D2,21D2. The minimum absolute atomic E-state index is 0.0127. The Labute approximate surface area is 332 Å². The van der Waals surface area contributed by atoms with E-state index in [9.17, 15) is 29.1 Å². The number of likely N-dealkylation sites (tertiary alicyclic amines) is 1. The van der Waals surface area contributed by atoms with Crippen molar-refractivity contribution in [2.75, 3.05) is 33.3 Å². The molecule has 1 N–H and O–H groups in total. The Hall–Kier alpha value is -5.51. The lowest BCUT2D eigenvalue weighted by atomic mass is 9.97. The quantitative estimate of drug-likeness (QED) is 0.103. The minimum atomic E-state index is -2.70. The third-order valence-corrected chi connectivity index (χ3v) is 10.2. The van der Waals surface area contributed by atoms with Crippen LogP contribution in [0.25, 0.3) is 20.5 Å². The van der Waals surface area contributed by atoms with E-state index in [2.05, 4.69) is 0 Å². The van der Waals surface area contributed by atoms with Crippen molar-refractivity contribution in [2.45, 2.75) is 70.7 Å². The van der Waals surface area contributed by atoms with Crippen molar-refractivity contribution in [1.29, 1.82) is 0 Å². The Kier molecular flexibility index (Phi) is 11.2. The van der Waals surface area contributed by atoms with Crippen molar-refractivity contribution in [3.8, 4) is 27.7 Å². The Bertz CT molecular complexity index is 2240. The van der Waals surface area contributed by atoms with Crippen LogP contribution in [0.15, 0.2) is 66.7 Å². The number of esters is 4. The van der Waals surface area contributed by atoms with Crippen LogP contribution >= 0.6 is 11.3 Å². The maximum absolute atomic E-state index is 14.3.